The molecule has 0 radical (unpaired) electrons. The van der Waals surface area contributed by atoms with Crippen molar-refractivity contribution in [2.45, 2.75) is 32.3 Å². The third-order valence-corrected chi connectivity index (χ3v) is 2.33. The van der Waals surface area contributed by atoms with Crippen molar-refractivity contribution in [2.24, 2.45) is 0 Å². The molecule has 19 heavy (non-hydrogen) atoms. The molecule has 1 N–H and O–H groups in total. The van der Waals surface area contributed by atoms with Crippen LogP contribution in [0.3, 0.4) is 0 Å². The van der Waals surface area contributed by atoms with Crippen molar-refractivity contribution >= 4 is 12.1 Å². The summed E-state index contributed by atoms with van der Waals surface area (Å²) in [5, 5.41) is 2.40. The minimum absolute atomic E-state index is 0.131. The Kier molecular flexibility index (Phi) is 5.03. The van der Waals surface area contributed by atoms with Crippen LogP contribution >= 0.6 is 0 Å². The smallest absolute Gasteiger partial charge is 0.407 e. The van der Waals surface area contributed by atoms with Gasteiger partial charge >= 0.3 is 12.1 Å². The summed E-state index contributed by atoms with van der Waals surface area (Å²) in [4.78, 5) is 22.4. The summed E-state index contributed by atoms with van der Waals surface area (Å²) in [5.41, 5.74) is -0.113. The van der Waals surface area contributed by atoms with E-state index >= 15 is 0 Å². The molecule has 0 spiro atoms. The zero-order valence-corrected chi connectivity index (χ0v) is 11.3. The molecular formula is C14H18FNO3. The molecular weight excluding hydrogens is 249 g/mol. The first-order valence-electron chi connectivity index (χ1n) is 6.01. The SMILES string of the molecule is CC(C)(C)OC(=O)NC[C@H](C(=O)F)c1ccccc1. The van der Waals surface area contributed by atoms with Gasteiger partial charge in [0.1, 0.15) is 5.60 Å². The first-order chi connectivity index (χ1) is 8.79. The summed E-state index contributed by atoms with van der Waals surface area (Å²) in [6.07, 6.45) is -0.672. The van der Waals surface area contributed by atoms with Crippen LogP contribution in [0.2, 0.25) is 0 Å². The standard InChI is InChI=1S/C14H18FNO3/c1-14(2,3)19-13(18)16-9-11(12(15)17)10-7-5-4-6-8-10/h4-8,11H,9H2,1-3H3,(H,16,18)/t11-/m0/s1. The Morgan fingerprint density at radius 2 is 1.84 bits per heavy atom. The molecule has 0 unspecified atom stereocenters. The van der Waals surface area contributed by atoms with Crippen molar-refractivity contribution in [3.63, 3.8) is 0 Å². The topological polar surface area (TPSA) is 55.4 Å². The van der Waals surface area contributed by atoms with Gasteiger partial charge < -0.3 is 10.1 Å². The quantitative estimate of drug-likeness (QED) is 0.853. The summed E-state index contributed by atoms with van der Waals surface area (Å²) in [6.45, 7) is 5.04. The maximum atomic E-state index is 13.0. The number of amides is 1. The van der Waals surface area contributed by atoms with Gasteiger partial charge in [0.25, 0.3) is 0 Å². The lowest BCUT2D eigenvalue weighted by molar-refractivity contribution is -0.130. The molecule has 1 amide bonds. The zero-order valence-electron chi connectivity index (χ0n) is 11.3. The number of carbonyl (C=O) groups excluding carboxylic acids is 2. The highest BCUT2D eigenvalue weighted by atomic mass is 19.1. The fourth-order valence-corrected chi connectivity index (χ4v) is 1.51. The Balaban J connectivity index is 2.62. The summed E-state index contributed by atoms with van der Waals surface area (Å²) in [6, 6.07) is 6.97. The molecule has 0 aliphatic carbocycles. The second-order valence-corrected chi connectivity index (χ2v) is 5.15. The maximum Gasteiger partial charge on any atom is 0.407 e. The molecule has 104 valence electrons. The minimum Gasteiger partial charge on any atom is -0.444 e. The average molecular weight is 267 g/mol. The van der Waals surface area contributed by atoms with E-state index in [-0.39, 0.29) is 6.54 Å². The number of alkyl carbamates (subject to hydrolysis) is 1. The highest BCUT2D eigenvalue weighted by Crippen LogP contribution is 2.16. The van der Waals surface area contributed by atoms with Crippen molar-refractivity contribution in [3.8, 4) is 0 Å². The number of nitrogens with one attached hydrogen (secondary N) is 1. The van der Waals surface area contributed by atoms with Crippen LogP contribution in [-0.4, -0.2) is 24.3 Å². The van der Waals surface area contributed by atoms with Gasteiger partial charge in [-0.3, -0.25) is 4.79 Å². The third kappa shape index (κ3) is 5.50. The lowest BCUT2D eigenvalue weighted by atomic mass is 10.00. The van der Waals surface area contributed by atoms with Crippen molar-refractivity contribution in [3.05, 3.63) is 35.9 Å². The molecule has 0 aliphatic rings. The summed E-state index contributed by atoms with van der Waals surface area (Å²) in [5.74, 6) is -1.01. The molecule has 0 fully saturated rings. The van der Waals surface area contributed by atoms with E-state index in [4.69, 9.17) is 4.74 Å². The first-order valence-corrected chi connectivity index (χ1v) is 6.01. The Morgan fingerprint density at radius 1 is 1.26 bits per heavy atom. The van der Waals surface area contributed by atoms with Crippen molar-refractivity contribution in [2.75, 3.05) is 6.54 Å². The number of carbonyl (C=O) groups is 2. The van der Waals surface area contributed by atoms with Crippen LogP contribution in [0.4, 0.5) is 9.18 Å². The van der Waals surface area contributed by atoms with Gasteiger partial charge in [-0.25, -0.2) is 4.79 Å². The molecule has 1 atom stereocenters. The largest absolute Gasteiger partial charge is 0.444 e. The van der Waals surface area contributed by atoms with E-state index in [1.807, 2.05) is 0 Å². The van der Waals surface area contributed by atoms with Crippen LogP contribution in [-0.2, 0) is 9.53 Å². The molecule has 0 bridgehead atoms. The lowest BCUT2D eigenvalue weighted by Gasteiger charge is -2.20. The van der Waals surface area contributed by atoms with Gasteiger partial charge in [-0.2, -0.15) is 4.39 Å². The molecule has 0 heterocycles. The minimum atomic E-state index is -1.48. The van der Waals surface area contributed by atoms with Gasteiger partial charge in [-0.1, -0.05) is 30.3 Å². The Labute approximate surface area is 112 Å². The lowest BCUT2D eigenvalue weighted by Crippen LogP contribution is -2.35. The zero-order chi connectivity index (χ0) is 14.5. The number of benzene rings is 1. The number of hydrogen-bond donors (Lipinski definition) is 1. The molecule has 1 aromatic carbocycles. The first kappa shape index (κ1) is 15.1. The van der Waals surface area contributed by atoms with Gasteiger partial charge in [0.05, 0.1) is 5.92 Å². The van der Waals surface area contributed by atoms with Crippen molar-refractivity contribution in [1.29, 1.82) is 0 Å². The van der Waals surface area contributed by atoms with Gasteiger partial charge in [-0.05, 0) is 26.3 Å². The number of hydrogen-bond acceptors (Lipinski definition) is 3. The normalized spacial score (nSPS) is 12.6. The summed E-state index contributed by atoms with van der Waals surface area (Å²) >= 11 is 0. The van der Waals surface area contributed by atoms with E-state index in [2.05, 4.69) is 5.32 Å². The Hall–Kier alpha value is -1.91. The molecule has 4 nitrogen and oxygen atoms in total. The summed E-state index contributed by atoms with van der Waals surface area (Å²) < 4.78 is 18.0. The molecule has 0 aromatic heterocycles. The third-order valence-electron chi connectivity index (χ3n) is 2.33. The monoisotopic (exact) mass is 267 g/mol. The summed E-state index contributed by atoms with van der Waals surface area (Å²) in [7, 11) is 0. The fraction of sp³-hybridized carbons (Fsp3) is 0.429. The number of ether oxygens (including phenoxy) is 1. The van der Waals surface area contributed by atoms with E-state index in [1.54, 1.807) is 51.1 Å². The number of halogens is 1. The Bertz CT molecular complexity index is 440. The van der Waals surface area contributed by atoms with Crippen LogP contribution in [0, 0.1) is 0 Å². The average Bonchev–Trinajstić information content (AvgIpc) is 2.27. The second kappa shape index (κ2) is 6.31. The van der Waals surface area contributed by atoms with Gasteiger partial charge in [0, 0.05) is 6.54 Å². The van der Waals surface area contributed by atoms with E-state index in [9.17, 15) is 14.0 Å². The molecule has 0 saturated heterocycles. The molecule has 5 heteroatoms. The van der Waals surface area contributed by atoms with Crippen LogP contribution in [0.5, 0.6) is 0 Å². The highest BCUT2D eigenvalue weighted by Gasteiger charge is 2.22. The second-order valence-electron chi connectivity index (χ2n) is 5.15. The van der Waals surface area contributed by atoms with Gasteiger partial charge in [-0.15, -0.1) is 0 Å². The number of rotatable bonds is 4. The molecule has 0 saturated carbocycles. The van der Waals surface area contributed by atoms with Crippen molar-refractivity contribution in [1.82, 2.24) is 5.32 Å². The van der Waals surface area contributed by atoms with Gasteiger partial charge in [0.2, 0.25) is 0 Å². The Morgan fingerprint density at radius 3 is 2.32 bits per heavy atom. The molecule has 1 rings (SSSR count). The molecule has 0 aliphatic heterocycles. The van der Waals surface area contributed by atoms with Crippen molar-refractivity contribution < 1.29 is 18.7 Å². The predicted molar refractivity (Wildman–Crippen MR) is 69.5 cm³/mol. The predicted octanol–water partition coefficient (Wildman–Crippen LogP) is 2.79. The van der Waals surface area contributed by atoms with Gasteiger partial charge in [0.15, 0.2) is 0 Å². The van der Waals surface area contributed by atoms with Crippen LogP contribution < -0.4 is 5.32 Å². The fourth-order valence-electron chi connectivity index (χ4n) is 1.51. The molecule has 1 aromatic rings. The maximum absolute atomic E-state index is 13.0. The van der Waals surface area contributed by atoms with E-state index in [0.717, 1.165) is 0 Å². The van der Waals surface area contributed by atoms with E-state index in [0.29, 0.717) is 5.56 Å². The van der Waals surface area contributed by atoms with Crippen LogP contribution in [0.25, 0.3) is 0 Å². The van der Waals surface area contributed by atoms with Crippen LogP contribution in [0.1, 0.15) is 32.3 Å². The highest BCUT2D eigenvalue weighted by molar-refractivity contribution is 5.78. The van der Waals surface area contributed by atoms with E-state index in [1.165, 1.54) is 0 Å². The van der Waals surface area contributed by atoms with E-state index < -0.39 is 23.6 Å². The van der Waals surface area contributed by atoms with Crippen LogP contribution in [0.15, 0.2) is 30.3 Å².